The number of hydrogen-bond acceptors (Lipinski definition) is 2. The van der Waals surface area contributed by atoms with Gasteiger partial charge in [0.1, 0.15) is 0 Å². The highest BCUT2D eigenvalue weighted by atomic mass is 19.1. The normalized spacial score (nSPS) is 13.5. The van der Waals surface area contributed by atoms with E-state index in [1.54, 1.807) is 12.1 Å². The lowest BCUT2D eigenvalue weighted by Gasteiger charge is -2.26. The molecule has 0 radical (unpaired) electrons. The van der Waals surface area contributed by atoms with Gasteiger partial charge in [-0.2, -0.15) is 0 Å². The van der Waals surface area contributed by atoms with Gasteiger partial charge in [0.15, 0.2) is 11.6 Å². The first-order valence-corrected chi connectivity index (χ1v) is 5.92. The fourth-order valence-corrected chi connectivity index (χ4v) is 2.32. The van der Waals surface area contributed by atoms with Crippen LogP contribution in [-0.2, 0) is 6.42 Å². The first-order valence-electron chi connectivity index (χ1n) is 5.92. The number of benzene rings is 1. The molecule has 1 unspecified atom stereocenters. The molecule has 1 atom stereocenters. The molecular weight excluding hydrogens is 217 g/mol. The molecule has 0 amide bonds. The molecule has 0 aliphatic heterocycles. The van der Waals surface area contributed by atoms with Gasteiger partial charge in [0.05, 0.1) is 7.11 Å². The Kier molecular flexibility index (Phi) is 4.52. The maximum absolute atomic E-state index is 13.5. The molecule has 0 fully saturated rings. The average Bonchev–Trinajstić information content (AvgIpc) is 2.14. The van der Waals surface area contributed by atoms with Gasteiger partial charge in [-0.1, -0.05) is 19.9 Å². The molecule has 17 heavy (non-hydrogen) atoms. The monoisotopic (exact) mass is 239 g/mol. The van der Waals surface area contributed by atoms with E-state index >= 15 is 0 Å². The van der Waals surface area contributed by atoms with Gasteiger partial charge in [-0.15, -0.1) is 0 Å². The SMILES string of the molecule is COc1ccc(CC(C)(C)CC(C)N)cc1F. The van der Waals surface area contributed by atoms with Gasteiger partial charge < -0.3 is 10.5 Å². The molecule has 1 aromatic rings. The summed E-state index contributed by atoms with van der Waals surface area (Å²) in [6.45, 7) is 6.30. The van der Waals surface area contributed by atoms with Crippen LogP contribution in [-0.4, -0.2) is 13.2 Å². The average molecular weight is 239 g/mol. The summed E-state index contributed by atoms with van der Waals surface area (Å²) in [4.78, 5) is 0. The van der Waals surface area contributed by atoms with Crippen molar-refractivity contribution in [2.45, 2.75) is 39.7 Å². The molecular formula is C14H22FNO. The molecule has 96 valence electrons. The predicted molar refractivity (Wildman–Crippen MR) is 68.7 cm³/mol. The van der Waals surface area contributed by atoms with E-state index in [1.807, 2.05) is 13.0 Å². The lowest BCUT2D eigenvalue weighted by Crippen LogP contribution is -2.26. The molecule has 0 aliphatic carbocycles. The van der Waals surface area contributed by atoms with Gasteiger partial charge in [0, 0.05) is 6.04 Å². The predicted octanol–water partition coefficient (Wildman–Crippen LogP) is 3.14. The molecule has 0 spiro atoms. The van der Waals surface area contributed by atoms with Crippen molar-refractivity contribution in [1.29, 1.82) is 0 Å². The third-order valence-electron chi connectivity index (χ3n) is 2.77. The van der Waals surface area contributed by atoms with Crippen molar-refractivity contribution >= 4 is 0 Å². The second-order valence-electron chi connectivity index (χ2n) is 5.49. The summed E-state index contributed by atoms with van der Waals surface area (Å²) in [5.74, 6) is -0.0136. The van der Waals surface area contributed by atoms with E-state index in [2.05, 4.69) is 13.8 Å². The van der Waals surface area contributed by atoms with Crippen LogP contribution >= 0.6 is 0 Å². The minimum Gasteiger partial charge on any atom is -0.494 e. The quantitative estimate of drug-likeness (QED) is 0.856. The zero-order chi connectivity index (χ0) is 13.1. The summed E-state index contributed by atoms with van der Waals surface area (Å²) < 4.78 is 18.4. The summed E-state index contributed by atoms with van der Waals surface area (Å²) in [7, 11) is 1.47. The molecule has 2 nitrogen and oxygen atoms in total. The van der Waals surface area contributed by atoms with E-state index in [1.165, 1.54) is 7.11 Å². The molecule has 1 rings (SSSR count). The number of halogens is 1. The van der Waals surface area contributed by atoms with Crippen LogP contribution in [0.3, 0.4) is 0 Å². The van der Waals surface area contributed by atoms with E-state index in [-0.39, 0.29) is 17.3 Å². The van der Waals surface area contributed by atoms with Crippen molar-refractivity contribution in [3.8, 4) is 5.75 Å². The fraction of sp³-hybridized carbons (Fsp3) is 0.571. The van der Waals surface area contributed by atoms with Crippen LogP contribution in [0.2, 0.25) is 0 Å². The lowest BCUT2D eigenvalue weighted by atomic mass is 9.80. The van der Waals surface area contributed by atoms with Gasteiger partial charge in [-0.25, -0.2) is 4.39 Å². The standard InChI is InChI=1S/C14H22FNO/c1-10(16)8-14(2,3)9-11-5-6-13(17-4)12(15)7-11/h5-7,10H,8-9,16H2,1-4H3. The van der Waals surface area contributed by atoms with Gasteiger partial charge in [0.25, 0.3) is 0 Å². The second-order valence-corrected chi connectivity index (χ2v) is 5.49. The number of nitrogens with two attached hydrogens (primary N) is 1. The molecule has 0 aliphatic rings. The minimum absolute atomic E-state index is 0.0786. The molecule has 2 N–H and O–H groups in total. The Hall–Kier alpha value is -1.09. The maximum Gasteiger partial charge on any atom is 0.165 e. The number of rotatable bonds is 5. The van der Waals surface area contributed by atoms with Gasteiger partial charge >= 0.3 is 0 Å². The minimum atomic E-state index is -0.304. The summed E-state index contributed by atoms with van der Waals surface area (Å²) in [5.41, 5.74) is 6.87. The van der Waals surface area contributed by atoms with E-state index in [0.717, 1.165) is 18.4 Å². The van der Waals surface area contributed by atoms with Crippen LogP contribution in [0.1, 0.15) is 32.8 Å². The third-order valence-corrected chi connectivity index (χ3v) is 2.77. The largest absolute Gasteiger partial charge is 0.494 e. The van der Waals surface area contributed by atoms with Gasteiger partial charge in [0.2, 0.25) is 0 Å². The highest BCUT2D eigenvalue weighted by Gasteiger charge is 2.20. The summed E-state index contributed by atoms with van der Waals surface area (Å²) >= 11 is 0. The molecule has 1 aromatic carbocycles. The number of hydrogen-bond donors (Lipinski definition) is 1. The van der Waals surface area contributed by atoms with Crippen molar-refractivity contribution in [3.63, 3.8) is 0 Å². The number of methoxy groups -OCH3 is 1. The molecule has 0 saturated heterocycles. The topological polar surface area (TPSA) is 35.2 Å². The van der Waals surface area contributed by atoms with Crippen molar-refractivity contribution in [2.75, 3.05) is 7.11 Å². The molecule has 0 heterocycles. The third kappa shape index (κ3) is 4.35. The van der Waals surface area contributed by atoms with Gasteiger partial charge in [-0.3, -0.25) is 0 Å². The Labute approximate surface area is 103 Å². The maximum atomic E-state index is 13.5. The highest BCUT2D eigenvalue weighted by Crippen LogP contribution is 2.28. The fourth-order valence-electron chi connectivity index (χ4n) is 2.32. The Balaban J connectivity index is 2.78. The Morgan fingerprint density at radius 2 is 2.06 bits per heavy atom. The Bertz CT molecular complexity index is 374. The van der Waals surface area contributed by atoms with E-state index in [4.69, 9.17) is 10.5 Å². The van der Waals surface area contributed by atoms with Crippen LogP contribution in [0.15, 0.2) is 18.2 Å². The first kappa shape index (κ1) is 14.0. The summed E-state index contributed by atoms with van der Waals surface area (Å²) in [6.07, 6.45) is 1.73. The molecule has 0 bridgehead atoms. The van der Waals surface area contributed by atoms with Crippen LogP contribution in [0, 0.1) is 11.2 Å². The smallest absolute Gasteiger partial charge is 0.165 e. The Morgan fingerprint density at radius 1 is 1.41 bits per heavy atom. The van der Waals surface area contributed by atoms with E-state index in [9.17, 15) is 4.39 Å². The van der Waals surface area contributed by atoms with Crippen molar-refractivity contribution in [3.05, 3.63) is 29.6 Å². The molecule has 3 heteroatoms. The molecule has 0 saturated carbocycles. The van der Waals surface area contributed by atoms with E-state index in [0.29, 0.717) is 5.75 Å². The second kappa shape index (κ2) is 5.50. The Morgan fingerprint density at radius 3 is 2.53 bits per heavy atom. The first-order chi connectivity index (χ1) is 7.84. The zero-order valence-corrected chi connectivity index (χ0v) is 11.1. The number of ether oxygens (including phenoxy) is 1. The highest BCUT2D eigenvalue weighted by molar-refractivity contribution is 5.29. The zero-order valence-electron chi connectivity index (χ0n) is 11.1. The summed E-state index contributed by atoms with van der Waals surface area (Å²) in [5, 5.41) is 0. The van der Waals surface area contributed by atoms with Crippen LogP contribution < -0.4 is 10.5 Å². The van der Waals surface area contributed by atoms with Gasteiger partial charge in [-0.05, 0) is 42.9 Å². The van der Waals surface area contributed by atoms with Crippen LogP contribution in [0.25, 0.3) is 0 Å². The van der Waals surface area contributed by atoms with Crippen molar-refractivity contribution < 1.29 is 9.13 Å². The van der Waals surface area contributed by atoms with Crippen molar-refractivity contribution in [2.24, 2.45) is 11.1 Å². The molecule has 0 aromatic heterocycles. The van der Waals surface area contributed by atoms with Crippen molar-refractivity contribution in [1.82, 2.24) is 0 Å². The summed E-state index contributed by atoms with van der Waals surface area (Å²) in [6, 6.07) is 5.28. The van der Waals surface area contributed by atoms with Crippen LogP contribution in [0.4, 0.5) is 4.39 Å². The van der Waals surface area contributed by atoms with Crippen LogP contribution in [0.5, 0.6) is 5.75 Å². The van der Waals surface area contributed by atoms with E-state index < -0.39 is 0 Å². The lowest BCUT2D eigenvalue weighted by molar-refractivity contribution is 0.308.